The molecule has 0 aliphatic carbocycles. The van der Waals surface area contributed by atoms with E-state index in [1.54, 1.807) is 18.3 Å². The molecule has 4 heteroatoms. The summed E-state index contributed by atoms with van der Waals surface area (Å²) in [5, 5.41) is 0. The number of hydrogen-bond acceptors (Lipinski definition) is 3. The summed E-state index contributed by atoms with van der Waals surface area (Å²) in [6, 6.07) is 9.22. The Labute approximate surface area is 114 Å². The smallest absolute Gasteiger partial charge is 0.178 e. The van der Waals surface area contributed by atoms with Crippen molar-refractivity contribution < 1.29 is 9.53 Å². The van der Waals surface area contributed by atoms with Gasteiger partial charge in [-0.25, -0.2) is 4.98 Å². The highest BCUT2D eigenvalue weighted by Gasteiger charge is 2.05. The Morgan fingerprint density at radius 1 is 1.28 bits per heavy atom. The van der Waals surface area contributed by atoms with Crippen LogP contribution in [0.4, 0.5) is 0 Å². The summed E-state index contributed by atoms with van der Waals surface area (Å²) in [6.07, 6.45) is 1.54. The number of aryl methyl sites for hydroxylation is 1. The minimum Gasteiger partial charge on any atom is -0.455 e. The first kappa shape index (κ1) is 12.8. The first-order chi connectivity index (χ1) is 8.56. The normalized spacial score (nSPS) is 10.2. The van der Waals surface area contributed by atoms with Crippen LogP contribution in [0, 0.1) is 6.92 Å². The minimum atomic E-state index is -0.0573. The van der Waals surface area contributed by atoms with Crippen LogP contribution in [0.15, 0.2) is 41.0 Å². The Kier molecular flexibility index (Phi) is 3.77. The van der Waals surface area contributed by atoms with E-state index in [2.05, 4.69) is 20.9 Å². The van der Waals surface area contributed by atoms with E-state index in [-0.39, 0.29) is 5.78 Å². The van der Waals surface area contributed by atoms with Crippen molar-refractivity contribution in [2.24, 2.45) is 0 Å². The molecule has 1 aromatic carbocycles. The molecule has 92 valence electrons. The molecule has 0 bridgehead atoms. The summed E-state index contributed by atoms with van der Waals surface area (Å²) in [4.78, 5) is 15.1. The van der Waals surface area contributed by atoms with Gasteiger partial charge in [0, 0.05) is 6.92 Å². The lowest BCUT2D eigenvalue weighted by Gasteiger charge is -2.08. The fourth-order valence-electron chi connectivity index (χ4n) is 1.46. The van der Waals surface area contributed by atoms with Crippen molar-refractivity contribution in [2.75, 3.05) is 0 Å². The zero-order valence-corrected chi connectivity index (χ0v) is 11.7. The molecule has 0 fully saturated rings. The lowest BCUT2D eigenvalue weighted by atomic mass is 10.2. The van der Waals surface area contributed by atoms with E-state index < -0.39 is 0 Å². The van der Waals surface area contributed by atoms with E-state index in [9.17, 15) is 4.79 Å². The summed E-state index contributed by atoms with van der Waals surface area (Å²) >= 11 is 3.44. The molecule has 0 aliphatic rings. The quantitative estimate of drug-likeness (QED) is 0.800. The van der Waals surface area contributed by atoms with Gasteiger partial charge in [0.2, 0.25) is 0 Å². The molecule has 1 aromatic heterocycles. The number of carbonyl (C=O) groups excluding carboxylic acids is 1. The summed E-state index contributed by atoms with van der Waals surface area (Å²) in [7, 11) is 0. The van der Waals surface area contributed by atoms with Gasteiger partial charge in [0.05, 0.1) is 10.7 Å². The van der Waals surface area contributed by atoms with E-state index >= 15 is 0 Å². The molecule has 0 aliphatic heterocycles. The molecule has 0 saturated carbocycles. The van der Waals surface area contributed by atoms with Crippen molar-refractivity contribution in [3.05, 3.63) is 52.3 Å². The highest BCUT2D eigenvalue weighted by molar-refractivity contribution is 9.10. The monoisotopic (exact) mass is 305 g/mol. The van der Waals surface area contributed by atoms with Crippen LogP contribution in [0.5, 0.6) is 11.5 Å². The molecule has 0 spiro atoms. The van der Waals surface area contributed by atoms with Crippen LogP contribution in [0.2, 0.25) is 0 Å². The van der Waals surface area contributed by atoms with Crippen molar-refractivity contribution in [3.63, 3.8) is 0 Å². The third kappa shape index (κ3) is 2.96. The van der Waals surface area contributed by atoms with Gasteiger partial charge in [-0.05, 0) is 52.7 Å². The second-order valence-electron chi connectivity index (χ2n) is 3.97. The highest BCUT2D eigenvalue weighted by Crippen LogP contribution is 2.30. The van der Waals surface area contributed by atoms with Gasteiger partial charge in [-0.1, -0.05) is 6.07 Å². The van der Waals surface area contributed by atoms with E-state index in [0.717, 1.165) is 15.8 Å². The van der Waals surface area contributed by atoms with Gasteiger partial charge in [0.15, 0.2) is 5.78 Å². The standard InChI is InChI=1S/C14H12BrNO2/c1-9-3-6-14(12(15)7-9)18-11-4-5-13(10(2)17)16-8-11/h3-8H,1-2H3. The van der Waals surface area contributed by atoms with Crippen molar-refractivity contribution >= 4 is 21.7 Å². The van der Waals surface area contributed by atoms with Crippen LogP contribution >= 0.6 is 15.9 Å². The Bertz CT molecular complexity index is 579. The number of nitrogens with zero attached hydrogens (tertiary/aromatic N) is 1. The molecular weight excluding hydrogens is 294 g/mol. The number of benzene rings is 1. The number of Topliss-reactive ketones (excluding diaryl/α,β-unsaturated/α-hetero) is 1. The first-order valence-electron chi connectivity index (χ1n) is 5.47. The molecule has 2 rings (SSSR count). The number of halogens is 1. The molecular formula is C14H12BrNO2. The number of rotatable bonds is 3. The van der Waals surface area contributed by atoms with Gasteiger partial charge >= 0.3 is 0 Å². The molecule has 1 heterocycles. The van der Waals surface area contributed by atoms with Crippen molar-refractivity contribution in [1.82, 2.24) is 4.98 Å². The molecule has 0 atom stereocenters. The highest BCUT2D eigenvalue weighted by atomic mass is 79.9. The van der Waals surface area contributed by atoms with Gasteiger partial charge in [0.25, 0.3) is 0 Å². The zero-order chi connectivity index (χ0) is 13.1. The third-order valence-electron chi connectivity index (χ3n) is 2.41. The molecule has 18 heavy (non-hydrogen) atoms. The first-order valence-corrected chi connectivity index (χ1v) is 6.26. The lowest BCUT2D eigenvalue weighted by Crippen LogP contribution is -1.96. The fraction of sp³-hybridized carbons (Fsp3) is 0.143. The van der Waals surface area contributed by atoms with E-state index in [4.69, 9.17) is 4.74 Å². The molecule has 0 unspecified atom stereocenters. The molecule has 0 N–H and O–H groups in total. The average molecular weight is 306 g/mol. The predicted molar refractivity (Wildman–Crippen MR) is 73.2 cm³/mol. The van der Waals surface area contributed by atoms with Crippen molar-refractivity contribution in [2.45, 2.75) is 13.8 Å². The van der Waals surface area contributed by atoms with Gasteiger partial charge in [-0.15, -0.1) is 0 Å². The maximum Gasteiger partial charge on any atom is 0.178 e. The third-order valence-corrected chi connectivity index (χ3v) is 3.03. The Balaban J connectivity index is 2.21. The number of carbonyl (C=O) groups is 1. The largest absolute Gasteiger partial charge is 0.455 e. The van der Waals surface area contributed by atoms with Gasteiger partial charge in [-0.2, -0.15) is 0 Å². The zero-order valence-electron chi connectivity index (χ0n) is 10.1. The average Bonchev–Trinajstić information content (AvgIpc) is 2.33. The molecule has 3 nitrogen and oxygen atoms in total. The van der Waals surface area contributed by atoms with Crippen LogP contribution < -0.4 is 4.74 Å². The van der Waals surface area contributed by atoms with Crippen LogP contribution in [-0.4, -0.2) is 10.8 Å². The number of pyridine rings is 1. The SMILES string of the molecule is CC(=O)c1ccc(Oc2ccc(C)cc2Br)cn1. The van der Waals surface area contributed by atoms with E-state index in [0.29, 0.717) is 11.4 Å². The number of ether oxygens (including phenoxy) is 1. The summed E-state index contributed by atoms with van der Waals surface area (Å²) in [5.41, 5.74) is 1.59. The van der Waals surface area contributed by atoms with E-state index in [1.807, 2.05) is 25.1 Å². The van der Waals surface area contributed by atoms with Crippen LogP contribution in [0.25, 0.3) is 0 Å². The second kappa shape index (κ2) is 5.31. The fourth-order valence-corrected chi connectivity index (χ4v) is 2.04. The predicted octanol–water partition coefficient (Wildman–Crippen LogP) is 4.15. The van der Waals surface area contributed by atoms with Crippen LogP contribution in [0.1, 0.15) is 23.0 Å². The number of aromatic nitrogens is 1. The van der Waals surface area contributed by atoms with Gasteiger partial charge in [0.1, 0.15) is 17.2 Å². The maximum atomic E-state index is 11.1. The molecule has 0 amide bonds. The van der Waals surface area contributed by atoms with Crippen molar-refractivity contribution in [1.29, 1.82) is 0 Å². The summed E-state index contributed by atoms with van der Waals surface area (Å²) in [5.74, 6) is 1.26. The Morgan fingerprint density at radius 3 is 2.61 bits per heavy atom. The van der Waals surface area contributed by atoms with Crippen LogP contribution in [0.3, 0.4) is 0 Å². The summed E-state index contributed by atoms with van der Waals surface area (Å²) < 4.78 is 6.57. The second-order valence-corrected chi connectivity index (χ2v) is 4.83. The summed E-state index contributed by atoms with van der Waals surface area (Å²) in [6.45, 7) is 3.50. The molecule has 0 saturated heterocycles. The lowest BCUT2D eigenvalue weighted by molar-refractivity contribution is 0.101. The van der Waals surface area contributed by atoms with E-state index in [1.165, 1.54) is 6.92 Å². The molecule has 0 radical (unpaired) electrons. The minimum absolute atomic E-state index is 0.0573. The van der Waals surface area contributed by atoms with Crippen molar-refractivity contribution in [3.8, 4) is 11.5 Å². The topological polar surface area (TPSA) is 39.2 Å². The molecule has 2 aromatic rings. The van der Waals surface area contributed by atoms with Gasteiger partial charge in [-0.3, -0.25) is 4.79 Å². The number of hydrogen-bond donors (Lipinski definition) is 0. The van der Waals surface area contributed by atoms with Crippen LogP contribution in [-0.2, 0) is 0 Å². The Hall–Kier alpha value is -1.68. The van der Waals surface area contributed by atoms with Gasteiger partial charge < -0.3 is 4.74 Å². The number of ketones is 1. The maximum absolute atomic E-state index is 11.1. The Morgan fingerprint density at radius 2 is 2.06 bits per heavy atom.